The minimum Gasteiger partial charge on any atom is -0.314 e. The van der Waals surface area contributed by atoms with E-state index in [9.17, 15) is 9.59 Å². The molecule has 0 aliphatic carbocycles. The lowest BCUT2D eigenvalue weighted by molar-refractivity contribution is 0.0772. The molecule has 1 fully saturated rings. The number of pyridine rings is 1. The Morgan fingerprint density at radius 2 is 2.35 bits per heavy atom. The third kappa shape index (κ3) is 2.25. The average molecular weight is 275 g/mol. The molecular weight excluding hydrogens is 258 g/mol. The van der Waals surface area contributed by atoms with Gasteiger partial charge in [0.2, 0.25) is 0 Å². The summed E-state index contributed by atoms with van der Waals surface area (Å²) in [5, 5.41) is 7.35. The summed E-state index contributed by atoms with van der Waals surface area (Å²) in [5.41, 5.74) is 0.0765. The van der Waals surface area contributed by atoms with E-state index in [1.54, 1.807) is 24.4 Å². The van der Waals surface area contributed by atoms with Crippen molar-refractivity contribution in [3.8, 4) is 0 Å². The molecular formula is C13H17N5O2. The fourth-order valence-electron chi connectivity index (χ4n) is 2.45. The third-order valence-electron chi connectivity index (χ3n) is 3.64. The number of rotatable bonds is 2. The molecule has 0 bridgehead atoms. The van der Waals surface area contributed by atoms with Crippen LogP contribution in [0, 0.1) is 0 Å². The topological polar surface area (TPSA) is 71.6 Å². The summed E-state index contributed by atoms with van der Waals surface area (Å²) < 4.78 is 2.34. The molecule has 0 radical (unpaired) electrons. The zero-order chi connectivity index (χ0) is 14.1. The number of carbonyl (C=O) groups excluding carboxylic acids is 1. The number of piperazine rings is 1. The Morgan fingerprint density at radius 1 is 1.50 bits per heavy atom. The lowest BCUT2D eigenvalue weighted by Gasteiger charge is -2.32. The van der Waals surface area contributed by atoms with E-state index >= 15 is 0 Å². The van der Waals surface area contributed by atoms with Gasteiger partial charge in [-0.15, -0.1) is 9.78 Å². The van der Waals surface area contributed by atoms with Crippen LogP contribution in [0.15, 0.2) is 29.2 Å². The molecule has 1 unspecified atom stereocenters. The second-order valence-electron chi connectivity index (χ2n) is 5.04. The van der Waals surface area contributed by atoms with Crippen molar-refractivity contribution in [3.05, 3.63) is 34.9 Å². The summed E-state index contributed by atoms with van der Waals surface area (Å²) in [6.07, 6.45) is 1.61. The zero-order valence-electron chi connectivity index (χ0n) is 11.3. The van der Waals surface area contributed by atoms with Crippen molar-refractivity contribution in [1.29, 1.82) is 0 Å². The Kier molecular flexibility index (Phi) is 3.37. The maximum atomic E-state index is 12.3. The van der Waals surface area contributed by atoms with Crippen molar-refractivity contribution >= 4 is 11.6 Å². The van der Waals surface area contributed by atoms with Crippen LogP contribution in [-0.4, -0.2) is 57.2 Å². The van der Waals surface area contributed by atoms with Gasteiger partial charge in [-0.1, -0.05) is 6.07 Å². The van der Waals surface area contributed by atoms with Gasteiger partial charge < -0.3 is 5.32 Å². The van der Waals surface area contributed by atoms with Crippen LogP contribution in [0.2, 0.25) is 0 Å². The largest absolute Gasteiger partial charge is 0.357 e. The lowest BCUT2D eigenvalue weighted by Crippen LogP contribution is -2.52. The summed E-state index contributed by atoms with van der Waals surface area (Å²) in [5.74, 6) is -0.285. The van der Waals surface area contributed by atoms with Gasteiger partial charge >= 0.3 is 5.69 Å². The molecule has 7 heteroatoms. The van der Waals surface area contributed by atoms with Crippen molar-refractivity contribution < 1.29 is 4.79 Å². The fraction of sp³-hybridized carbons (Fsp3) is 0.462. The van der Waals surface area contributed by atoms with Crippen molar-refractivity contribution in [2.24, 2.45) is 0 Å². The monoisotopic (exact) mass is 275 g/mol. The molecule has 1 atom stereocenters. The standard InChI is InChI=1S/C13H17N5O2/c1-10-8-14-5-7-16(10)9-12(19)18-13(20)17-6-3-2-4-11(17)15-18/h2-4,6,10,14H,5,7-9H2,1H3. The summed E-state index contributed by atoms with van der Waals surface area (Å²) in [7, 11) is 0. The van der Waals surface area contributed by atoms with Gasteiger partial charge in [-0.05, 0) is 19.1 Å². The molecule has 2 aromatic rings. The van der Waals surface area contributed by atoms with Crippen molar-refractivity contribution in [2.75, 3.05) is 26.2 Å². The molecule has 1 aliphatic rings. The van der Waals surface area contributed by atoms with Crippen LogP contribution in [0.1, 0.15) is 11.7 Å². The highest BCUT2D eigenvalue weighted by Crippen LogP contribution is 2.02. The van der Waals surface area contributed by atoms with Crippen LogP contribution in [0.25, 0.3) is 5.65 Å². The molecule has 2 aromatic heterocycles. The molecule has 7 nitrogen and oxygen atoms in total. The first-order valence-corrected chi connectivity index (χ1v) is 6.71. The maximum absolute atomic E-state index is 12.3. The summed E-state index contributed by atoms with van der Waals surface area (Å²) in [6.45, 7) is 4.79. The zero-order valence-corrected chi connectivity index (χ0v) is 11.3. The van der Waals surface area contributed by atoms with Gasteiger partial charge in [0.1, 0.15) is 0 Å². The quantitative estimate of drug-likeness (QED) is 0.795. The van der Waals surface area contributed by atoms with E-state index in [-0.39, 0.29) is 18.5 Å². The predicted molar refractivity (Wildman–Crippen MR) is 74.0 cm³/mol. The minimum atomic E-state index is -0.409. The second kappa shape index (κ2) is 5.18. The van der Waals surface area contributed by atoms with Gasteiger partial charge in [-0.2, -0.15) is 0 Å². The van der Waals surface area contributed by atoms with E-state index in [1.807, 2.05) is 0 Å². The predicted octanol–water partition coefficient (Wildman–Crippen LogP) is -0.570. The molecule has 20 heavy (non-hydrogen) atoms. The summed E-state index contributed by atoms with van der Waals surface area (Å²) in [4.78, 5) is 26.4. The van der Waals surface area contributed by atoms with Crippen LogP contribution < -0.4 is 11.0 Å². The number of aromatic nitrogens is 3. The van der Waals surface area contributed by atoms with Gasteiger partial charge in [0.15, 0.2) is 5.65 Å². The van der Waals surface area contributed by atoms with Gasteiger partial charge in [0.05, 0.1) is 6.54 Å². The molecule has 0 saturated carbocycles. The van der Waals surface area contributed by atoms with Gasteiger partial charge in [-0.25, -0.2) is 9.20 Å². The lowest BCUT2D eigenvalue weighted by atomic mass is 10.2. The number of nitrogens with zero attached hydrogens (tertiary/aromatic N) is 4. The highest BCUT2D eigenvalue weighted by Gasteiger charge is 2.22. The number of fused-ring (bicyclic) bond motifs is 1. The fourth-order valence-corrected chi connectivity index (χ4v) is 2.45. The van der Waals surface area contributed by atoms with Crippen LogP contribution in [0.3, 0.4) is 0 Å². The molecule has 3 rings (SSSR count). The molecule has 0 spiro atoms. The SMILES string of the molecule is CC1CNCCN1CC(=O)n1nc2ccccn2c1=O. The molecule has 1 saturated heterocycles. The molecule has 1 aliphatic heterocycles. The smallest absolute Gasteiger partial charge is 0.314 e. The van der Waals surface area contributed by atoms with Crippen molar-refractivity contribution in [1.82, 2.24) is 24.4 Å². The highest BCUT2D eigenvalue weighted by atomic mass is 16.2. The van der Waals surface area contributed by atoms with Gasteiger partial charge in [0.25, 0.3) is 5.91 Å². The maximum Gasteiger partial charge on any atom is 0.357 e. The summed E-state index contributed by atoms with van der Waals surface area (Å²) in [6, 6.07) is 5.51. The normalized spacial score (nSPS) is 20.4. The first-order valence-electron chi connectivity index (χ1n) is 6.71. The second-order valence-corrected chi connectivity index (χ2v) is 5.04. The van der Waals surface area contributed by atoms with Crippen LogP contribution >= 0.6 is 0 Å². The molecule has 1 N–H and O–H groups in total. The van der Waals surface area contributed by atoms with Gasteiger partial charge in [0, 0.05) is 31.9 Å². The Balaban J connectivity index is 1.85. The molecule has 0 amide bonds. The minimum absolute atomic E-state index is 0.215. The number of carbonyl (C=O) groups is 1. The van der Waals surface area contributed by atoms with Crippen molar-refractivity contribution in [2.45, 2.75) is 13.0 Å². The number of hydrogen-bond donors (Lipinski definition) is 1. The van der Waals surface area contributed by atoms with E-state index < -0.39 is 5.69 Å². The Hall–Kier alpha value is -1.99. The van der Waals surface area contributed by atoms with E-state index in [0.717, 1.165) is 24.3 Å². The number of hydrogen-bond acceptors (Lipinski definition) is 5. The van der Waals surface area contributed by atoms with E-state index in [4.69, 9.17) is 0 Å². The third-order valence-corrected chi connectivity index (χ3v) is 3.64. The first kappa shape index (κ1) is 13.0. The molecule has 0 aromatic carbocycles. The average Bonchev–Trinajstić information content (AvgIpc) is 2.79. The summed E-state index contributed by atoms with van der Waals surface area (Å²) >= 11 is 0. The highest BCUT2D eigenvalue weighted by molar-refractivity contribution is 5.80. The Bertz CT molecular complexity index is 689. The van der Waals surface area contributed by atoms with E-state index in [0.29, 0.717) is 5.65 Å². The van der Waals surface area contributed by atoms with E-state index in [2.05, 4.69) is 22.2 Å². The Labute approximate surface area is 115 Å². The van der Waals surface area contributed by atoms with E-state index in [1.165, 1.54) is 4.40 Å². The van der Waals surface area contributed by atoms with Gasteiger partial charge in [-0.3, -0.25) is 9.69 Å². The van der Waals surface area contributed by atoms with Crippen LogP contribution in [0.5, 0.6) is 0 Å². The Morgan fingerprint density at radius 3 is 3.10 bits per heavy atom. The van der Waals surface area contributed by atoms with Crippen LogP contribution in [0.4, 0.5) is 0 Å². The molecule has 106 valence electrons. The first-order chi connectivity index (χ1) is 9.66. The number of nitrogens with one attached hydrogen (secondary N) is 1. The molecule has 3 heterocycles. The van der Waals surface area contributed by atoms with Crippen LogP contribution in [-0.2, 0) is 0 Å². The van der Waals surface area contributed by atoms with Crippen molar-refractivity contribution in [3.63, 3.8) is 0 Å².